The van der Waals surface area contributed by atoms with Gasteiger partial charge in [0.2, 0.25) is 0 Å². The SMILES string of the molecule is COc1cc2c(cc1OCCCCCn1c3ccc(-c4ccc(OC(F)(F)F)cc4)cc3c3cc(-c4ccc(OC(F)(F)F)cc4)ccc31)N=C[C@@H]1CCCN1C2=O. The summed E-state index contributed by atoms with van der Waals surface area (Å²) in [6, 6.07) is 26.6. The number of unbranched alkanes of at least 4 members (excludes halogenated alkanes) is 2. The van der Waals surface area contributed by atoms with Gasteiger partial charge < -0.3 is 28.4 Å². The fourth-order valence-electron chi connectivity index (χ4n) is 7.75. The molecule has 8 nitrogen and oxygen atoms in total. The van der Waals surface area contributed by atoms with E-state index in [1.54, 1.807) is 43.5 Å². The fraction of sp³-hybridized carbons (Fsp3) is 0.273. The van der Waals surface area contributed by atoms with Gasteiger partial charge in [0.05, 0.1) is 31.0 Å². The summed E-state index contributed by atoms with van der Waals surface area (Å²) in [5.41, 5.74) is 5.91. The van der Waals surface area contributed by atoms with E-state index in [2.05, 4.69) is 19.0 Å². The summed E-state index contributed by atoms with van der Waals surface area (Å²) in [6.07, 6.45) is -3.54. The number of alkyl halides is 6. The molecular formula is C44H37F6N3O5. The lowest BCUT2D eigenvalue weighted by Crippen LogP contribution is -2.35. The van der Waals surface area contributed by atoms with E-state index in [1.807, 2.05) is 47.5 Å². The molecule has 0 saturated carbocycles. The number of benzene rings is 5. The molecule has 8 rings (SSSR count). The van der Waals surface area contributed by atoms with Crippen molar-refractivity contribution in [1.29, 1.82) is 0 Å². The smallest absolute Gasteiger partial charge is 0.493 e. The second-order valence-corrected chi connectivity index (χ2v) is 14.2. The van der Waals surface area contributed by atoms with E-state index in [0.717, 1.165) is 65.0 Å². The molecule has 0 aliphatic carbocycles. The molecular weight excluding hydrogens is 764 g/mol. The van der Waals surface area contributed by atoms with Crippen molar-refractivity contribution < 1.29 is 50.1 Å². The number of carbonyl (C=O) groups excluding carboxylic acids is 1. The number of halogens is 6. The van der Waals surface area contributed by atoms with Crippen LogP contribution in [0.15, 0.2) is 102 Å². The Morgan fingerprint density at radius 2 is 1.26 bits per heavy atom. The Balaban J connectivity index is 1.01. The van der Waals surface area contributed by atoms with Gasteiger partial charge in [-0.1, -0.05) is 36.4 Å². The fourth-order valence-corrected chi connectivity index (χ4v) is 7.75. The number of hydrogen-bond acceptors (Lipinski definition) is 6. The van der Waals surface area contributed by atoms with Crippen molar-refractivity contribution in [3.63, 3.8) is 0 Å². The van der Waals surface area contributed by atoms with Gasteiger partial charge in [-0.3, -0.25) is 9.79 Å². The Morgan fingerprint density at radius 1 is 0.690 bits per heavy atom. The number of rotatable bonds is 12. The predicted molar refractivity (Wildman–Crippen MR) is 208 cm³/mol. The van der Waals surface area contributed by atoms with Gasteiger partial charge >= 0.3 is 12.7 Å². The second kappa shape index (κ2) is 15.6. The van der Waals surface area contributed by atoms with E-state index in [0.29, 0.717) is 53.6 Å². The summed E-state index contributed by atoms with van der Waals surface area (Å²) >= 11 is 0. The maximum atomic E-state index is 13.2. The molecule has 1 aromatic heterocycles. The molecule has 1 atom stereocenters. The van der Waals surface area contributed by atoms with Crippen molar-refractivity contribution >= 4 is 39.6 Å². The number of nitrogens with zero attached hydrogens (tertiary/aromatic N) is 3. The Bertz CT molecular complexity index is 2380. The van der Waals surface area contributed by atoms with Gasteiger partial charge in [-0.15, -0.1) is 26.3 Å². The van der Waals surface area contributed by atoms with Gasteiger partial charge in [0.15, 0.2) is 11.5 Å². The minimum atomic E-state index is -4.80. The maximum Gasteiger partial charge on any atom is 0.573 e. The first-order chi connectivity index (χ1) is 27.8. The van der Waals surface area contributed by atoms with Crippen LogP contribution in [0.25, 0.3) is 44.1 Å². The average molecular weight is 802 g/mol. The van der Waals surface area contributed by atoms with Crippen LogP contribution in [-0.4, -0.2) is 60.6 Å². The van der Waals surface area contributed by atoms with E-state index >= 15 is 0 Å². The van der Waals surface area contributed by atoms with Crippen molar-refractivity contribution in [2.45, 2.75) is 57.4 Å². The Hall–Kier alpha value is -6.18. The van der Waals surface area contributed by atoms with E-state index in [-0.39, 0.29) is 23.4 Å². The minimum absolute atomic E-state index is 0.000990. The number of aryl methyl sites for hydroxylation is 1. The third-order valence-electron chi connectivity index (χ3n) is 10.4. The predicted octanol–water partition coefficient (Wildman–Crippen LogP) is 11.5. The summed E-state index contributed by atoms with van der Waals surface area (Å²) in [5, 5.41) is 1.81. The van der Waals surface area contributed by atoms with Gasteiger partial charge in [0.25, 0.3) is 5.91 Å². The lowest BCUT2D eigenvalue weighted by Gasteiger charge is -2.20. The third kappa shape index (κ3) is 8.27. The van der Waals surface area contributed by atoms with Gasteiger partial charge in [-0.05, 0) is 109 Å². The molecule has 2 aliphatic heterocycles. The van der Waals surface area contributed by atoms with Gasteiger partial charge in [-0.2, -0.15) is 0 Å². The molecule has 1 amide bonds. The van der Waals surface area contributed by atoms with Crippen LogP contribution in [0.4, 0.5) is 32.0 Å². The van der Waals surface area contributed by atoms with E-state index in [1.165, 1.54) is 24.3 Å². The number of ether oxygens (including phenoxy) is 4. The Labute approximate surface area is 329 Å². The highest BCUT2D eigenvalue weighted by molar-refractivity contribution is 6.10. The largest absolute Gasteiger partial charge is 0.573 e. The lowest BCUT2D eigenvalue weighted by atomic mass is 10.00. The van der Waals surface area contributed by atoms with Crippen LogP contribution < -0.4 is 18.9 Å². The van der Waals surface area contributed by atoms with Gasteiger partial charge in [-0.25, -0.2) is 0 Å². The van der Waals surface area contributed by atoms with E-state index < -0.39 is 12.7 Å². The zero-order valence-electron chi connectivity index (χ0n) is 31.2. The van der Waals surface area contributed by atoms with E-state index in [9.17, 15) is 31.1 Å². The quantitative estimate of drug-likeness (QED) is 0.0910. The van der Waals surface area contributed by atoms with Crippen molar-refractivity contribution in [2.75, 3.05) is 20.3 Å². The van der Waals surface area contributed by atoms with Gasteiger partial charge in [0.1, 0.15) is 11.5 Å². The van der Waals surface area contributed by atoms with Crippen molar-refractivity contribution in [3.05, 3.63) is 103 Å². The van der Waals surface area contributed by atoms with Crippen molar-refractivity contribution in [3.8, 4) is 45.3 Å². The summed E-state index contributed by atoms with van der Waals surface area (Å²) < 4.78 is 98.7. The number of aromatic nitrogens is 1. The maximum absolute atomic E-state index is 13.2. The van der Waals surface area contributed by atoms with Crippen molar-refractivity contribution in [2.24, 2.45) is 4.99 Å². The summed E-state index contributed by atoms with van der Waals surface area (Å²) in [4.78, 5) is 19.7. The molecule has 5 aromatic carbocycles. The van der Waals surface area contributed by atoms with Crippen LogP contribution in [0.5, 0.6) is 23.0 Å². The Morgan fingerprint density at radius 3 is 1.81 bits per heavy atom. The molecule has 6 aromatic rings. The van der Waals surface area contributed by atoms with Crippen LogP contribution in [0.1, 0.15) is 42.5 Å². The second-order valence-electron chi connectivity index (χ2n) is 14.2. The third-order valence-corrected chi connectivity index (χ3v) is 10.4. The minimum Gasteiger partial charge on any atom is -0.493 e. The van der Waals surface area contributed by atoms with Crippen LogP contribution in [0, 0.1) is 0 Å². The molecule has 1 fully saturated rings. The molecule has 1 saturated heterocycles. The zero-order chi connectivity index (χ0) is 40.6. The number of methoxy groups -OCH3 is 1. The topological polar surface area (TPSA) is 74.5 Å². The molecule has 0 spiro atoms. The first-order valence-electron chi connectivity index (χ1n) is 18.8. The van der Waals surface area contributed by atoms with E-state index in [4.69, 9.17) is 9.47 Å². The first-order valence-corrected chi connectivity index (χ1v) is 18.8. The molecule has 0 N–H and O–H groups in total. The molecule has 58 heavy (non-hydrogen) atoms. The summed E-state index contributed by atoms with van der Waals surface area (Å²) in [5.74, 6) is 0.296. The zero-order valence-corrected chi connectivity index (χ0v) is 31.2. The number of amides is 1. The number of fused-ring (bicyclic) bond motifs is 5. The standard InChI is InChI=1S/C44H37F6N3O5/c1-55-40-24-36-37(51-26-31-6-5-20-52(31)42(36)54)25-41(40)56-21-4-2-3-19-53-38-17-11-29(27-7-13-32(14-8-27)57-43(45,46)47)22-34(38)35-23-30(12-18-39(35)53)28-9-15-33(16-10-28)58-44(48,49)50/h7-18,22-26,31H,2-6,19-21H2,1H3/t31-/m0/s1. The Kier molecular flexibility index (Phi) is 10.4. The molecule has 14 heteroatoms. The van der Waals surface area contributed by atoms with Crippen LogP contribution >= 0.6 is 0 Å². The van der Waals surface area contributed by atoms with Crippen LogP contribution in [0.2, 0.25) is 0 Å². The summed E-state index contributed by atoms with van der Waals surface area (Å²) in [7, 11) is 1.54. The molecule has 300 valence electrons. The highest BCUT2D eigenvalue weighted by atomic mass is 19.4. The first kappa shape index (κ1) is 38.7. The number of aliphatic imine (C=N–C) groups is 1. The van der Waals surface area contributed by atoms with Crippen molar-refractivity contribution in [1.82, 2.24) is 9.47 Å². The van der Waals surface area contributed by atoms with Crippen LogP contribution in [0.3, 0.4) is 0 Å². The summed E-state index contributed by atoms with van der Waals surface area (Å²) in [6.45, 7) is 1.79. The molecule has 0 radical (unpaired) electrons. The molecule has 0 unspecified atom stereocenters. The highest BCUT2D eigenvalue weighted by Crippen LogP contribution is 2.39. The normalized spacial score (nSPS) is 15.4. The average Bonchev–Trinajstić information content (AvgIpc) is 3.76. The lowest BCUT2D eigenvalue weighted by molar-refractivity contribution is -0.275. The molecule has 2 aliphatic rings. The number of carbonyl (C=O) groups is 1. The van der Waals surface area contributed by atoms with Crippen LogP contribution in [-0.2, 0) is 6.54 Å². The molecule has 3 heterocycles. The highest BCUT2D eigenvalue weighted by Gasteiger charge is 2.33. The van der Waals surface area contributed by atoms with Gasteiger partial charge in [0, 0.05) is 47.2 Å². The molecule has 0 bridgehead atoms. The monoisotopic (exact) mass is 801 g/mol. The number of hydrogen-bond donors (Lipinski definition) is 0.